The predicted molar refractivity (Wildman–Crippen MR) is 69.3 cm³/mol. The fourth-order valence-corrected chi connectivity index (χ4v) is 3.85. The van der Waals surface area contributed by atoms with Crippen molar-refractivity contribution in [2.24, 2.45) is 0 Å². The van der Waals surface area contributed by atoms with Crippen LogP contribution < -0.4 is 0 Å². The van der Waals surface area contributed by atoms with Gasteiger partial charge in [0.05, 0.1) is 4.75 Å². The smallest absolute Gasteiger partial charge is 0.359 e. The molecule has 0 fully saturated rings. The molecule has 0 aromatic heterocycles. The van der Waals surface area contributed by atoms with Crippen molar-refractivity contribution >= 4 is 26.0 Å². The second-order valence-corrected chi connectivity index (χ2v) is 9.77. The first-order valence-corrected chi connectivity index (χ1v) is 7.43. The van der Waals surface area contributed by atoms with Crippen molar-refractivity contribution in [3.05, 3.63) is 5.53 Å². The van der Waals surface area contributed by atoms with Crippen LogP contribution in [-0.4, -0.2) is 27.1 Å². The van der Waals surface area contributed by atoms with Gasteiger partial charge in [0, 0.05) is 4.75 Å². The molecule has 94 valence electrons. The minimum absolute atomic E-state index is 0.202. The first-order chi connectivity index (χ1) is 6.98. The fourth-order valence-electron chi connectivity index (χ4n) is 0.699. The zero-order valence-corrected chi connectivity index (χ0v) is 12.4. The van der Waals surface area contributed by atoms with Crippen molar-refractivity contribution in [3.63, 3.8) is 0 Å². The summed E-state index contributed by atoms with van der Waals surface area (Å²) in [5.74, 6) is 0. The summed E-state index contributed by atoms with van der Waals surface area (Å²) in [7, 11) is -3.57. The fraction of sp³-hybridized carbons (Fsp3) is 0.900. The van der Waals surface area contributed by atoms with Crippen LogP contribution >= 0.6 is 11.8 Å². The predicted octanol–water partition coefficient (Wildman–Crippen LogP) is 2.71. The highest BCUT2D eigenvalue weighted by molar-refractivity contribution is 8.35. The van der Waals surface area contributed by atoms with Gasteiger partial charge >= 0.3 is 4.38 Å². The van der Waals surface area contributed by atoms with Crippen LogP contribution in [0.3, 0.4) is 0 Å². The Kier molecular flexibility index (Phi) is 4.80. The number of hydrogen-bond acceptors (Lipinski definition) is 3. The summed E-state index contributed by atoms with van der Waals surface area (Å²) < 4.78 is 22.7. The highest BCUT2D eigenvalue weighted by Gasteiger charge is 2.43. The van der Waals surface area contributed by atoms with E-state index in [2.05, 4.69) is 4.79 Å². The van der Waals surface area contributed by atoms with Crippen molar-refractivity contribution in [1.82, 2.24) is 0 Å². The van der Waals surface area contributed by atoms with Crippen LogP contribution in [0.5, 0.6) is 0 Å². The Morgan fingerprint density at radius 2 is 1.69 bits per heavy atom. The molecule has 0 bridgehead atoms. The van der Waals surface area contributed by atoms with Crippen LogP contribution in [0.1, 0.15) is 48.0 Å². The van der Waals surface area contributed by atoms with E-state index in [1.807, 2.05) is 20.8 Å². The molecule has 0 amide bonds. The maximum atomic E-state index is 12.1. The van der Waals surface area contributed by atoms with Crippen LogP contribution in [0.15, 0.2) is 0 Å². The normalized spacial score (nSPS) is 13.4. The zero-order chi connectivity index (χ0) is 13.2. The molecule has 16 heavy (non-hydrogen) atoms. The van der Waals surface area contributed by atoms with Crippen molar-refractivity contribution in [3.8, 4) is 0 Å². The van der Waals surface area contributed by atoms with Gasteiger partial charge in [-0.1, -0.05) is 20.8 Å². The topological polar surface area (TPSA) is 70.5 Å². The van der Waals surface area contributed by atoms with Crippen LogP contribution in [0.2, 0.25) is 0 Å². The Morgan fingerprint density at radius 1 is 1.25 bits per heavy atom. The Labute approximate surface area is 102 Å². The molecule has 0 heterocycles. The summed E-state index contributed by atoms with van der Waals surface area (Å²) in [5.41, 5.74) is 8.87. The lowest BCUT2D eigenvalue weighted by atomic mass is 10.1. The number of sulfone groups is 1. The molecule has 0 atom stereocenters. The molecule has 0 aliphatic rings. The molecule has 0 rings (SSSR count). The third kappa shape index (κ3) is 3.61. The Morgan fingerprint density at radius 3 is 1.94 bits per heavy atom. The molecule has 6 heteroatoms. The minimum Gasteiger partial charge on any atom is -0.359 e. The summed E-state index contributed by atoms with van der Waals surface area (Å²) in [5, 5.41) is 0. The first kappa shape index (κ1) is 15.7. The van der Waals surface area contributed by atoms with E-state index >= 15 is 0 Å². The summed E-state index contributed by atoms with van der Waals surface area (Å²) in [6.07, 6.45) is 0.788. The maximum Gasteiger partial charge on any atom is 0.440 e. The summed E-state index contributed by atoms with van der Waals surface area (Å²) in [6.45, 7) is 10.6. The molecular weight excluding hydrogens is 244 g/mol. The van der Waals surface area contributed by atoms with Gasteiger partial charge in [-0.05, 0) is 39.0 Å². The van der Waals surface area contributed by atoms with Crippen LogP contribution in [0, 0.1) is 0 Å². The number of rotatable bonds is 2. The quantitative estimate of drug-likeness (QED) is 0.333. The summed E-state index contributed by atoms with van der Waals surface area (Å²) >= 11 is 1.09. The zero-order valence-electron chi connectivity index (χ0n) is 10.7. The van der Waals surface area contributed by atoms with Crippen LogP contribution in [-0.2, 0) is 9.84 Å². The molecule has 0 aromatic rings. The largest absolute Gasteiger partial charge is 0.440 e. The van der Waals surface area contributed by atoms with Gasteiger partial charge in [0.25, 0.3) is 9.84 Å². The third-order valence-corrected chi connectivity index (χ3v) is 6.49. The second kappa shape index (κ2) is 4.90. The highest BCUT2D eigenvalue weighted by Crippen LogP contribution is 2.33. The summed E-state index contributed by atoms with van der Waals surface area (Å²) in [6, 6.07) is 0. The van der Waals surface area contributed by atoms with E-state index in [4.69, 9.17) is 5.53 Å². The molecule has 0 radical (unpaired) electrons. The monoisotopic (exact) mass is 264 g/mol. The molecule has 4 nitrogen and oxygen atoms in total. The lowest BCUT2D eigenvalue weighted by Crippen LogP contribution is -2.35. The van der Waals surface area contributed by atoms with Crippen molar-refractivity contribution in [2.45, 2.75) is 57.5 Å². The molecule has 0 unspecified atom stereocenters. The first-order valence-electron chi connectivity index (χ1n) is 5.13. The van der Waals surface area contributed by atoms with E-state index in [-0.39, 0.29) is 9.12 Å². The van der Waals surface area contributed by atoms with E-state index < -0.39 is 14.6 Å². The Balaban J connectivity index is 5.32. The van der Waals surface area contributed by atoms with Gasteiger partial charge in [0.1, 0.15) is 0 Å². The Hall–Kier alpha value is -0.320. The van der Waals surface area contributed by atoms with E-state index in [1.54, 1.807) is 20.8 Å². The van der Waals surface area contributed by atoms with E-state index in [9.17, 15) is 8.42 Å². The Bertz CT molecular complexity index is 399. The SMILES string of the molecule is CCC(C)(C)SC(=[N+]=[N-])S(=O)(=O)C(C)(C)C. The minimum atomic E-state index is -3.57. The molecule has 0 spiro atoms. The van der Waals surface area contributed by atoms with Crippen molar-refractivity contribution in [1.29, 1.82) is 0 Å². The van der Waals surface area contributed by atoms with Gasteiger partial charge in [-0.25, -0.2) is 8.42 Å². The lowest BCUT2D eigenvalue weighted by Gasteiger charge is -2.21. The number of nitrogens with zero attached hydrogens (tertiary/aromatic N) is 2. The average molecular weight is 264 g/mol. The molecule has 0 aliphatic carbocycles. The average Bonchev–Trinajstić information content (AvgIpc) is 2.12. The molecule has 0 N–H and O–H groups in total. The molecule has 0 aliphatic heterocycles. The van der Waals surface area contributed by atoms with Crippen molar-refractivity contribution < 1.29 is 13.2 Å². The van der Waals surface area contributed by atoms with Crippen molar-refractivity contribution in [2.75, 3.05) is 0 Å². The number of hydrogen-bond donors (Lipinski definition) is 0. The lowest BCUT2D eigenvalue weighted by molar-refractivity contribution is 0.00443. The van der Waals surface area contributed by atoms with Gasteiger partial charge in [0.2, 0.25) is 0 Å². The molecule has 0 aromatic carbocycles. The second-order valence-electron chi connectivity index (χ2n) is 5.20. The maximum absolute atomic E-state index is 12.1. The van der Waals surface area contributed by atoms with Gasteiger partial charge < -0.3 is 5.53 Å². The van der Waals surface area contributed by atoms with E-state index in [0.29, 0.717) is 0 Å². The highest BCUT2D eigenvalue weighted by atomic mass is 32.3. The standard InChI is InChI=1S/C10H20N2O2S2/c1-7-10(5,6)15-8(12-11)16(13,14)9(2,3)4/h7H2,1-6H3. The van der Waals surface area contributed by atoms with E-state index in [0.717, 1.165) is 18.2 Å². The summed E-state index contributed by atoms with van der Waals surface area (Å²) in [4.78, 5) is 2.95. The van der Waals surface area contributed by atoms with Crippen LogP contribution in [0.4, 0.5) is 0 Å². The third-order valence-electron chi connectivity index (χ3n) is 2.33. The van der Waals surface area contributed by atoms with Crippen LogP contribution in [0.25, 0.3) is 5.53 Å². The number of thioether (sulfide) groups is 1. The molecule has 0 saturated carbocycles. The van der Waals surface area contributed by atoms with Gasteiger partial charge in [0.15, 0.2) is 0 Å². The van der Waals surface area contributed by atoms with Gasteiger partial charge in [-0.15, -0.1) is 4.79 Å². The molecule has 0 saturated heterocycles. The van der Waals surface area contributed by atoms with Gasteiger partial charge in [-0.3, -0.25) is 0 Å². The van der Waals surface area contributed by atoms with E-state index in [1.165, 1.54) is 0 Å². The molecular formula is C10H20N2O2S2. The van der Waals surface area contributed by atoms with Gasteiger partial charge in [-0.2, -0.15) is 0 Å².